The second-order valence-electron chi connectivity index (χ2n) is 3.85. The number of rotatable bonds is 4. The molecular weight excluding hydrogens is 190 g/mol. The standard InChI is InChI=1S/C12H17NO2/c1-10(12-6-4-8-15-12)13-9-11-5-2-3-7-14-11/h3-4,6-8,10-11,13H,2,5,9H2,1H3. The molecule has 3 nitrogen and oxygen atoms in total. The molecule has 0 aromatic carbocycles. The summed E-state index contributed by atoms with van der Waals surface area (Å²) >= 11 is 0. The number of hydrogen-bond acceptors (Lipinski definition) is 3. The minimum atomic E-state index is 0.245. The van der Waals surface area contributed by atoms with Crippen molar-refractivity contribution in [1.82, 2.24) is 5.32 Å². The molecule has 0 aliphatic carbocycles. The van der Waals surface area contributed by atoms with Crippen LogP contribution in [0.3, 0.4) is 0 Å². The van der Waals surface area contributed by atoms with E-state index in [1.807, 2.05) is 12.1 Å². The lowest BCUT2D eigenvalue weighted by Gasteiger charge is -2.21. The first-order chi connectivity index (χ1) is 7.36. The zero-order valence-electron chi connectivity index (χ0n) is 8.98. The molecule has 82 valence electrons. The Morgan fingerprint density at radius 3 is 3.20 bits per heavy atom. The molecule has 0 fully saturated rings. The number of ether oxygens (including phenoxy) is 1. The fraction of sp³-hybridized carbons (Fsp3) is 0.500. The summed E-state index contributed by atoms with van der Waals surface area (Å²) in [5.41, 5.74) is 0. The third kappa shape index (κ3) is 2.86. The summed E-state index contributed by atoms with van der Waals surface area (Å²) in [6.07, 6.45) is 8.07. The maximum absolute atomic E-state index is 5.47. The van der Waals surface area contributed by atoms with Crippen molar-refractivity contribution in [1.29, 1.82) is 0 Å². The molecule has 2 atom stereocenters. The van der Waals surface area contributed by atoms with Gasteiger partial charge in [0, 0.05) is 6.54 Å². The van der Waals surface area contributed by atoms with Gasteiger partial charge in [0.15, 0.2) is 0 Å². The molecule has 2 heterocycles. The van der Waals surface area contributed by atoms with Crippen molar-refractivity contribution >= 4 is 0 Å². The average molecular weight is 207 g/mol. The largest absolute Gasteiger partial charge is 0.497 e. The summed E-state index contributed by atoms with van der Waals surface area (Å²) in [7, 11) is 0. The molecule has 0 spiro atoms. The Morgan fingerprint density at radius 2 is 2.53 bits per heavy atom. The summed E-state index contributed by atoms with van der Waals surface area (Å²) in [6.45, 7) is 2.96. The number of hydrogen-bond donors (Lipinski definition) is 1. The molecule has 0 radical (unpaired) electrons. The molecule has 1 aliphatic rings. The molecule has 2 unspecified atom stereocenters. The van der Waals surface area contributed by atoms with Gasteiger partial charge in [-0.1, -0.05) is 0 Å². The van der Waals surface area contributed by atoms with Gasteiger partial charge in [-0.05, 0) is 38.0 Å². The highest BCUT2D eigenvalue weighted by molar-refractivity contribution is 5.03. The molecule has 15 heavy (non-hydrogen) atoms. The maximum atomic E-state index is 5.47. The molecule has 1 N–H and O–H groups in total. The van der Waals surface area contributed by atoms with Gasteiger partial charge >= 0.3 is 0 Å². The summed E-state index contributed by atoms with van der Waals surface area (Å²) in [5, 5.41) is 3.40. The molecule has 0 bridgehead atoms. The first-order valence-corrected chi connectivity index (χ1v) is 5.43. The van der Waals surface area contributed by atoms with E-state index in [0.717, 1.165) is 25.1 Å². The van der Waals surface area contributed by atoms with E-state index in [1.54, 1.807) is 12.5 Å². The monoisotopic (exact) mass is 207 g/mol. The third-order valence-electron chi connectivity index (χ3n) is 2.64. The third-order valence-corrected chi connectivity index (χ3v) is 2.64. The van der Waals surface area contributed by atoms with Gasteiger partial charge in [-0.15, -0.1) is 0 Å². The summed E-state index contributed by atoms with van der Waals surface area (Å²) in [4.78, 5) is 0. The molecule has 1 aromatic heterocycles. The summed E-state index contributed by atoms with van der Waals surface area (Å²) < 4.78 is 10.8. The van der Waals surface area contributed by atoms with E-state index >= 15 is 0 Å². The van der Waals surface area contributed by atoms with Crippen molar-refractivity contribution < 1.29 is 9.15 Å². The predicted molar refractivity (Wildman–Crippen MR) is 58.4 cm³/mol. The quantitative estimate of drug-likeness (QED) is 0.824. The van der Waals surface area contributed by atoms with E-state index in [4.69, 9.17) is 9.15 Å². The van der Waals surface area contributed by atoms with Crippen molar-refractivity contribution in [3.63, 3.8) is 0 Å². The van der Waals surface area contributed by atoms with Crippen molar-refractivity contribution in [2.75, 3.05) is 6.54 Å². The van der Waals surface area contributed by atoms with Crippen molar-refractivity contribution in [2.45, 2.75) is 31.9 Å². The highest BCUT2D eigenvalue weighted by Gasteiger charge is 2.13. The minimum absolute atomic E-state index is 0.245. The van der Waals surface area contributed by atoms with Crippen molar-refractivity contribution in [3.05, 3.63) is 36.5 Å². The van der Waals surface area contributed by atoms with Gasteiger partial charge in [-0.3, -0.25) is 0 Å². The van der Waals surface area contributed by atoms with Crippen LogP contribution in [0.4, 0.5) is 0 Å². The topological polar surface area (TPSA) is 34.4 Å². The Bertz CT molecular complexity index is 305. The van der Waals surface area contributed by atoms with Gasteiger partial charge in [-0.25, -0.2) is 0 Å². The molecular formula is C12H17NO2. The fourth-order valence-corrected chi connectivity index (χ4v) is 1.68. The van der Waals surface area contributed by atoms with Gasteiger partial charge in [0.25, 0.3) is 0 Å². The van der Waals surface area contributed by atoms with Gasteiger partial charge in [0.05, 0.1) is 18.6 Å². The van der Waals surface area contributed by atoms with Crippen LogP contribution >= 0.6 is 0 Å². The molecule has 3 heteroatoms. The zero-order chi connectivity index (χ0) is 10.5. The highest BCUT2D eigenvalue weighted by atomic mass is 16.5. The van der Waals surface area contributed by atoms with Crippen LogP contribution in [0.5, 0.6) is 0 Å². The van der Waals surface area contributed by atoms with Gasteiger partial charge in [-0.2, -0.15) is 0 Å². The molecule has 1 aliphatic heterocycles. The van der Waals surface area contributed by atoms with Crippen LogP contribution in [0.15, 0.2) is 35.2 Å². The molecule has 2 rings (SSSR count). The van der Waals surface area contributed by atoms with E-state index in [1.165, 1.54) is 0 Å². The van der Waals surface area contributed by atoms with Crippen LogP contribution in [-0.4, -0.2) is 12.6 Å². The molecule has 1 aromatic rings. The second kappa shape index (κ2) is 5.03. The van der Waals surface area contributed by atoms with E-state index < -0.39 is 0 Å². The van der Waals surface area contributed by atoms with Crippen LogP contribution in [0, 0.1) is 0 Å². The normalized spacial score (nSPS) is 22.3. The zero-order valence-corrected chi connectivity index (χ0v) is 8.98. The summed E-state index contributed by atoms with van der Waals surface area (Å²) in [5.74, 6) is 0.973. The van der Waals surface area contributed by atoms with Crippen LogP contribution in [0.1, 0.15) is 31.6 Å². The maximum Gasteiger partial charge on any atom is 0.120 e. The van der Waals surface area contributed by atoms with Crippen molar-refractivity contribution in [2.24, 2.45) is 0 Å². The Hall–Kier alpha value is -1.22. The molecule has 0 amide bonds. The summed E-state index contributed by atoms with van der Waals surface area (Å²) in [6, 6.07) is 4.14. The SMILES string of the molecule is CC(NCC1CCC=CO1)c1ccco1. The first kappa shape index (κ1) is 10.3. The van der Waals surface area contributed by atoms with E-state index in [-0.39, 0.29) is 6.04 Å². The number of nitrogens with one attached hydrogen (secondary N) is 1. The van der Waals surface area contributed by atoms with E-state index in [0.29, 0.717) is 6.10 Å². The Morgan fingerprint density at radius 1 is 1.60 bits per heavy atom. The lowest BCUT2D eigenvalue weighted by Crippen LogP contribution is -2.30. The Kier molecular flexibility index (Phi) is 3.45. The number of allylic oxidation sites excluding steroid dienone is 1. The lowest BCUT2D eigenvalue weighted by atomic mass is 10.1. The van der Waals surface area contributed by atoms with Gasteiger partial charge < -0.3 is 14.5 Å². The lowest BCUT2D eigenvalue weighted by molar-refractivity contribution is 0.119. The van der Waals surface area contributed by atoms with Crippen LogP contribution < -0.4 is 5.32 Å². The molecule has 0 saturated carbocycles. The fourth-order valence-electron chi connectivity index (χ4n) is 1.68. The average Bonchev–Trinajstić information content (AvgIpc) is 2.81. The van der Waals surface area contributed by atoms with Crippen LogP contribution in [-0.2, 0) is 4.74 Å². The predicted octanol–water partition coefficient (Wildman–Crippen LogP) is 2.62. The van der Waals surface area contributed by atoms with E-state index in [2.05, 4.69) is 18.3 Å². The minimum Gasteiger partial charge on any atom is -0.497 e. The Labute approximate surface area is 90.1 Å². The van der Waals surface area contributed by atoms with Crippen LogP contribution in [0.25, 0.3) is 0 Å². The molecule has 0 saturated heterocycles. The second-order valence-corrected chi connectivity index (χ2v) is 3.85. The smallest absolute Gasteiger partial charge is 0.120 e. The first-order valence-electron chi connectivity index (χ1n) is 5.43. The van der Waals surface area contributed by atoms with Gasteiger partial charge in [0.1, 0.15) is 11.9 Å². The van der Waals surface area contributed by atoms with Crippen molar-refractivity contribution in [3.8, 4) is 0 Å². The Balaban J connectivity index is 1.75. The van der Waals surface area contributed by atoms with Crippen LogP contribution in [0.2, 0.25) is 0 Å². The highest BCUT2D eigenvalue weighted by Crippen LogP contribution is 2.14. The number of furan rings is 1. The van der Waals surface area contributed by atoms with E-state index in [9.17, 15) is 0 Å². The van der Waals surface area contributed by atoms with Gasteiger partial charge in [0.2, 0.25) is 0 Å².